The topological polar surface area (TPSA) is 265 Å². The van der Waals surface area contributed by atoms with Crippen LogP contribution in [0.15, 0.2) is 103 Å². The molecule has 1 aromatic heterocycles. The maximum absolute atomic E-state index is 14.5. The molecule has 0 atom stereocenters. The zero-order valence-corrected chi connectivity index (χ0v) is 29.6. The van der Waals surface area contributed by atoms with Gasteiger partial charge in [0, 0.05) is 30.1 Å². The first kappa shape index (κ1) is 38.5. The van der Waals surface area contributed by atoms with Crippen LogP contribution >= 0.6 is 0 Å². The van der Waals surface area contributed by atoms with E-state index in [4.69, 9.17) is 0 Å². The van der Waals surface area contributed by atoms with Crippen LogP contribution in [0.2, 0.25) is 0 Å². The van der Waals surface area contributed by atoms with Gasteiger partial charge in [0.05, 0.1) is 0 Å². The fourth-order valence-electron chi connectivity index (χ4n) is 6.06. The van der Waals surface area contributed by atoms with E-state index in [9.17, 15) is 60.7 Å². The number of rotatable bonds is 11. The minimum atomic E-state index is -0.858. The van der Waals surface area contributed by atoms with E-state index in [1.807, 2.05) is 0 Å². The summed E-state index contributed by atoms with van der Waals surface area (Å²) in [4.78, 5) is 29.0. The van der Waals surface area contributed by atoms with Crippen molar-refractivity contribution >= 4 is 24.0 Å². The van der Waals surface area contributed by atoms with Crippen LogP contribution in [0.3, 0.4) is 0 Å². The molecule has 15 nitrogen and oxygen atoms in total. The third-order valence-corrected chi connectivity index (χ3v) is 8.86. The van der Waals surface area contributed by atoms with E-state index in [-0.39, 0.29) is 63.9 Å². The Morgan fingerprint density at radius 2 is 0.930 bits per heavy atom. The molecular weight excluding hydrogens is 738 g/mol. The molecule has 2 amide bonds. The molecule has 0 radical (unpaired) electrons. The smallest absolute Gasteiger partial charge is 0.272 e. The van der Waals surface area contributed by atoms with Crippen molar-refractivity contribution in [3.05, 3.63) is 131 Å². The van der Waals surface area contributed by atoms with Crippen molar-refractivity contribution in [1.29, 1.82) is 0 Å². The average molecular weight is 774 g/mol. The van der Waals surface area contributed by atoms with Crippen molar-refractivity contribution in [3.8, 4) is 79.7 Å². The summed E-state index contributed by atoms with van der Waals surface area (Å²) < 4.78 is 1.37. The highest BCUT2D eigenvalue weighted by Crippen LogP contribution is 2.47. The third kappa shape index (κ3) is 8.32. The van der Waals surface area contributed by atoms with E-state index in [0.717, 1.165) is 24.3 Å². The number of aromatic hydroxyl groups is 10. The van der Waals surface area contributed by atoms with Crippen LogP contribution in [-0.4, -0.2) is 67.4 Å². The molecule has 0 saturated heterocycles. The van der Waals surface area contributed by atoms with Gasteiger partial charge in [-0.05, 0) is 107 Å². The maximum atomic E-state index is 14.5. The molecular formula is C42H35N3O12. The van der Waals surface area contributed by atoms with E-state index in [0.29, 0.717) is 16.7 Å². The first-order chi connectivity index (χ1) is 27.2. The van der Waals surface area contributed by atoms with Gasteiger partial charge in [0.25, 0.3) is 11.8 Å². The van der Waals surface area contributed by atoms with Crippen molar-refractivity contribution in [2.75, 3.05) is 0 Å². The van der Waals surface area contributed by atoms with E-state index in [1.54, 1.807) is 12.1 Å². The number of aryl methyl sites for hydroxylation is 1. The highest BCUT2D eigenvalue weighted by atomic mass is 16.3. The largest absolute Gasteiger partial charge is 0.508 e. The number of carbonyl (C=O) groups excluding carboxylic acids is 2. The Kier molecular flexibility index (Phi) is 10.8. The number of hydrogen-bond donors (Lipinski definition) is 12. The number of hydrogen-bond acceptors (Lipinski definition) is 12. The first-order valence-corrected chi connectivity index (χ1v) is 17.0. The maximum Gasteiger partial charge on any atom is 0.272 e. The molecule has 5 aromatic carbocycles. The summed E-state index contributed by atoms with van der Waals surface area (Å²) in [6.45, 7) is -0.0888. The van der Waals surface area contributed by atoms with Gasteiger partial charge in [-0.25, -0.2) is 0 Å². The molecule has 0 aliphatic heterocycles. The summed E-state index contributed by atoms with van der Waals surface area (Å²) in [7, 11) is 0. The summed E-state index contributed by atoms with van der Waals surface area (Å²) in [5.74, 6) is -6.66. The molecule has 0 fully saturated rings. The fraction of sp³-hybridized carbons (Fsp3) is 0.0476. The molecule has 0 aliphatic rings. The second-order valence-electron chi connectivity index (χ2n) is 12.7. The molecule has 0 unspecified atom stereocenters. The molecule has 0 saturated carbocycles. The van der Waals surface area contributed by atoms with Gasteiger partial charge < -0.3 is 66.3 Å². The number of nitrogens with one attached hydrogen (secondary N) is 2. The summed E-state index contributed by atoms with van der Waals surface area (Å²) in [5, 5.41) is 107. The van der Waals surface area contributed by atoms with Crippen molar-refractivity contribution in [2.24, 2.45) is 0 Å². The minimum Gasteiger partial charge on any atom is -0.508 e. The lowest BCUT2D eigenvalue weighted by molar-refractivity contribution is 0.0955. The van der Waals surface area contributed by atoms with Gasteiger partial charge in [-0.1, -0.05) is 30.3 Å². The van der Waals surface area contributed by atoms with Crippen LogP contribution < -0.4 is 10.6 Å². The van der Waals surface area contributed by atoms with Gasteiger partial charge in [0.2, 0.25) is 0 Å². The second-order valence-corrected chi connectivity index (χ2v) is 12.7. The van der Waals surface area contributed by atoms with Crippen LogP contribution in [0, 0.1) is 0 Å². The normalized spacial score (nSPS) is 11.3. The molecule has 290 valence electrons. The Labute approximate surface area is 323 Å². The molecule has 6 rings (SSSR count). The quantitative estimate of drug-likeness (QED) is 0.0685. The van der Waals surface area contributed by atoms with Crippen LogP contribution in [0.4, 0.5) is 0 Å². The van der Waals surface area contributed by atoms with E-state index < -0.39 is 52.1 Å². The van der Waals surface area contributed by atoms with Crippen LogP contribution in [0.25, 0.3) is 34.4 Å². The molecule has 12 N–H and O–H groups in total. The van der Waals surface area contributed by atoms with Gasteiger partial charge >= 0.3 is 0 Å². The lowest BCUT2D eigenvalue weighted by atomic mass is 9.93. The number of phenolic OH excluding ortho intramolecular Hbond substituents is 10. The van der Waals surface area contributed by atoms with E-state index in [2.05, 4.69) is 10.6 Å². The molecule has 0 aliphatic carbocycles. The zero-order valence-electron chi connectivity index (χ0n) is 29.6. The Morgan fingerprint density at radius 1 is 0.491 bits per heavy atom. The highest BCUT2D eigenvalue weighted by Gasteiger charge is 2.33. The molecule has 57 heavy (non-hydrogen) atoms. The number of amides is 2. The fourth-order valence-corrected chi connectivity index (χ4v) is 6.06. The predicted molar refractivity (Wildman–Crippen MR) is 208 cm³/mol. The highest BCUT2D eigenvalue weighted by molar-refractivity contribution is 6.12. The molecule has 0 spiro atoms. The first-order valence-electron chi connectivity index (χ1n) is 17.0. The van der Waals surface area contributed by atoms with Gasteiger partial charge in [0.15, 0.2) is 51.7 Å². The van der Waals surface area contributed by atoms with Gasteiger partial charge in [-0.2, -0.15) is 0 Å². The third-order valence-electron chi connectivity index (χ3n) is 8.86. The number of nitrogens with zero attached hydrogens (tertiary/aromatic N) is 1. The average Bonchev–Trinajstić information content (AvgIpc) is 3.52. The Balaban J connectivity index is 1.60. The Bertz CT molecular complexity index is 2550. The summed E-state index contributed by atoms with van der Waals surface area (Å²) in [5.41, 5.74) is 1.01. The van der Waals surface area contributed by atoms with Gasteiger partial charge in [-0.15, -0.1) is 0 Å². The Hall–Kier alpha value is -8.20. The second kappa shape index (κ2) is 16.0. The van der Waals surface area contributed by atoms with Gasteiger partial charge in [0.1, 0.15) is 17.1 Å². The van der Waals surface area contributed by atoms with E-state index in [1.165, 1.54) is 83.7 Å². The van der Waals surface area contributed by atoms with Crippen LogP contribution in [0.5, 0.6) is 57.5 Å². The summed E-state index contributed by atoms with van der Waals surface area (Å²) in [6, 6.07) is 19.9. The lowest BCUT2D eigenvalue weighted by Crippen LogP contribution is -2.27. The lowest BCUT2D eigenvalue weighted by Gasteiger charge is -2.14. The number of phenols is 10. The number of aromatic nitrogens is 1. The predicted octanol–water partition coefficient (Wildman–Crippen LogP) is 5.92. The molecule has 15 heteroatoms. The minimum absolute atomic E-state index is 0.00553. The Morgan fingerprint density at radius 3 is 1.40 bits per heavy atom. The number of carbonyl (C=O) groups is 2. The zero-order chi connectivity index (χ0) is 41.0. The van der Waals surface area contributed by atoms with Crippen LogP contribution in [-0.2, 0) is 13.0 Å². The number of benzene rings is 5. The monoisotopic (exact) mass is 773 g/mol. The summed E-state index contributed by atoms with van der Waals surface area (Å²) in [6.07, 6.45) is 5.49. The molecule has 0 bridgehead atoms. The molecule has 6 aromatic rings. The van der Waals surface area contributed by atoms with Gasteiger partial charge in [-0.3, -0.25) is 9.59 Å². The van der Waals surface area contributed by atoms with Crippen molar-refractivity contribution in [3.63, 3.8) is 0 Å². The SMILES string of the molecule is O=C(N/C=C/c1ccc(O)c(O)c1)c1c(-c2ccc(O)c(O)c2)c(-c2cc(O)c(O)c(O)c2)c(C(=O)N/C=C/c2ccc(O)c(O)c2)n1CCc1ccc(O)cc1. The standard InChI is InChI=1S/C42H35N3O12/c46-27-6-1-22(2-7-27)13-16-45-38(41(56)43-14-11-23-3-8-28(47)31(50)17-23)36(25-5-10-30(49)33(52)19-25)37(26-20-34(53)40(55)35(54)21-26)39(45)42(57)44-15-12-24-4-9-29(48)32(51)18-24/h1-12,14-15,17-21,46-55H,13,16H2,(H,43,56)(H,44,57)/b14-11+,15-12+. The van der Waals surface area contributed by atoms with E-state index >= 15 is 0 Å². The van der Waals surface area contributed by atoms with Crippen molar-refractivity contribution in [1.82, 2.24) is 15.2 Å². The van der Waals surface area contributed by atoms with Crippen molar-refractivity contribution in [2.45, 2.75) is 13.0 Å². The summed E-state index contributed by atoms with van der Waals surface area (Å²) >= 11 is 0. The van der Waals surface area contributed by atoms with Crippen LogP contribution in [0.1, 0.15) is 37.7 Å². The molecule has 1 heterocycles. The van der Waals surface area contributed by atoms with Crippen molar-refractivity contribution < 1.29 is 60.7 Å².